The number of imide groups is 1. The van der Waals surface area contributed by atoms with E-state index in [1.54, 1.807) is 37.3 Å². The molecule has 17 nitrogen and oxygen atoms in total. The number of aromatic nitrogens is 4. The lowest BCUT2D eigenvalue weighted by Gasteiger charge is -2.37. The molecule has 0 spiro atoms. The second-order valence-electron chi connectivity index (χ2n) is 17.4. The first-order valence-corrected chi connectivity index (χ1v) is 23.8. The van der Waals surface area contributed by atoms with Crippen LogP contribution in [0.1, 0.15) is 104 Å². The molecule has 2 aromatic heterocycles. The van der Waals surface area contributed by atoms with Gasteiger partial charge < -0.3 is 34.1 Å². The minimum atomic E-state index is -0.408. The zero-order valence-electron chi connectivity index (χ0n) is 40.8. The van der Waals surface area contributed by atoms with E-state index >= 15 is 0 Å². The minimum Gasteiger partial charge on any atom is -0.378 e. The molecule has 2 fully saturated rings. The molecule has 0 saturated carbocycles. The molecular weight excluding hydrogens is 865 g/mol. The maximum Gasteiger partial charge on any atom is 0.256 e. The molecule has 0 aliphatic carbocycles. The Morgan fingerprint density at radius 3 is 2.51 bits per heavy atom. The van der Waals surface area contributed by atoms with E-state index in [0.29, 0.717) is 106 Å². The number of hydrogen-bond donors (Lipinski definition) is 2. The summed E-state index contributed by atoms with van der Waals surface area (Å²) in [5.41, 5.74) is 5.64. The van der Waals surface area contributed by atoms with Gasteiger partial charge in [-0.3, -0.25) is 29.4 Å². The Labute approximate surface area is 401 Å². The van der Waals surface area contributed by atoms with Crippen LogP contribution in [-0.4, -0.2) is 151 Å². The number of hydrogen-bond acceptors (Lipinski definition) is 14. The predicted molar refractivity (Wildman–Crippen MR) is 267 cm³/mol. The van der Waals surface area contributed by atoms with Gasteiger partial charge in [0.25, 0.3) is 5.91 Å². The number of benzene rings is 1. The van der Waals surface area contributed by atoms with Crippen LogP contribution in [0.3, 0.4) is 0 Å². The standard InChI is InChI=1S/C51H70N10O7/c1-8-59-35-54-56-50(59)38(3)13-9-12-37(2)17-19-43-44(39(4)33-62)32-46(61-22-11-14-41(61)6)55-49(43)52-21-28-67-30-31-68-29-27-58-23-25-60(26-24-58)45-16-10-15-42(34-63)48(45)51(66)57(7)40(5)18-20-47(65)53-36-64/h9-10,12-13,15-16,32,34-36,40-41H,2,8,11,14,17-31H2,1,3-7H3,(H,52,55)(H,53,64,65)/b12-9-,38-13+. The number of carbonyl (C=O) groups is 4. The van der Waals surface area contributed by atoms with Crippen LogP contribution in [0.5, 0.6) is 0 Å². The zero-order chi connectivity index (χ0) is 49.0. The number of aryl methyl sites for hydroxylation is 1. The van der Waals surface area contributed by atoms with Gasteiger partial charge in [0, 0.05) is 94.6 Å². The highest BCUT2D eigenvalue weighted by Crippen LogP contribution is 2.33. The van der Waals surface area contributed by atoms with E-state index in [9.17, 15) is 24.0 Å². The Kier molecular flexibility index (Phi) is 20.9. The predicted octanol–water partition coefficient (Wildman–Crippen LogP) is 5.66. The van der Waals surface area contributed by atoms with Crippen molar-refractivity contribution in [2.45, 2.75) is 91.8 Å². The van der Waals surface area contributed by atoms with Crippen molar-refractivity contribution in [1.29, 1.82) is 0 Å². The number of allylic oxidation sites excluding steroid dienone is 6. The summed E-state index contributed by atoms with van der Waals surface area (Å²) in [5, 5.41) is 13.9. The molecule has 2 atom stereocenters. The van der Waals surface area contributed by atoms with E-state index in [0.717, 1.165) is 85.3 Å². The van der Waals surface area contributed by atoms with Gasteiger partial charge in [-0.2, -0.15) is 0 Å². The summed E-state index contributed by atoms with van der Waals surface area (Å²) in [4.78, 5) is 73.8. The van der Waals surface area contributed by atoms with E-state index in [-0.39, 0.29) is 18.4 Å². The number of nitrogens with one attached hydrogen (secondary N) is 2. The molecule has 2 saturated heterocycles. The largest absolute Gasteiger partial charge is 0.378 e. The monoisotopic (exact) mass is 935 g/mol. The van der Waals surface area contributed by atoms with Crippen LogP contribution in [-0.2, 0) is 36.8 Å². The van der Waals surface area contributed by atoms with Crippen molar-refractivity contribution in [3.05, 3.63) is 89.1 Å². The van der Waals surface area contributed by atoms with Crippen molar-refractivity contribution in [1.82, 2.24) is 34.9 Å². The lowest BCUT2D eigenvalue weighted by Crippen LogP contribution is -2.48. The summed E-state index contributed by atoms with van der Waals surface area (Å²) in [6.07, 6.45) is 12.7. The van der Waals surface area contributed by atoms with Crippen LogP contribution in [0.25, 0.3) is 11.1 Å². The highest BCUT2D eigenvalue weighted by Gasteiger charge is 2.28. The van der Waals surface area contributed by atoms with Gasteiger partial charge in [-0.15, -0.1) is 10.2 Å². The third-order valence-corrected chi connectivity index (χ3v) is 12.8. The third kappa shape index (κ3) is 14.6. The fourth-order valence-corrected chi connectivity index (χ4v) is 8.50. The number of pyridine rings is 1. The quantitative estimate of drug-likeness (QED) is 0.0413. The third-order valence-electron chi connectivity index (χ3n) is 12.8. The van der Waals surface area contributed by atoms with Crippen molar-refractivity contribution >= 4 is 58.9 Å². The van der Waals surface area contributed by atoms with Crippen molar-refractivity contribution < 1.29 is 33.4 Å². The summed E-state index contributed by atoms with van der Waals surface area (Å²) >= 11 is 0. The molecule has 2 aliphatic heterocycles. The number of carbonyl (C=O) groups excluding carboxylic acids is 5. The maximum atomic E-state index is 13.8. The van der Waals surface area contributed by atoms with Crippen LogP contribution >= 0.6 is 0 Å². The Morgan fingerprint density at radius 2 is 1.82 bits per heavy atom. The Bertz CT molecular complexity index is 2310. The van der Waals surface area contributed by atoms with Crippen LogP contribution in [0.4, 0.5) is 17.3 Å². The van der Waals surface area contributed by atoms with Gasteiger partial charge in [0.2, 0.25) is 12.3 Å². The molecule has 0 bridgehead atoms. The molecule has 68 heavy (non-hydrogen) atoms. The molecular formula is C51H70N10O7. The van der Waals surface area contributed by atoms with Crippen LogP contribution in [0.15, 0.2) is 61.0 Å². The fraction of sp³-hybridized carbons (Fsp3) is 0.510. The topological polar surface area (TPSA) is 184 Å². The van der Waals surface area contributed by atoms with Crippen molar-refractivity contribution in [3.63, 3.8) is 0 Å². The lowest BCUT2D eigenvalue weighted by atomic mass is 9.96. The van der Waals surface area contributed by atoms with Gasteiger partial charge in [0.15, 0.2) is 12.1 Å². The molecule has 366 valence electrons. The molecule has 1 aromatic carbocycles. The highest BCUT2D eigenvalue weighted by molar-refractivity contribution is 6.06. The summed E-state index contributed by atoms with van der Waals surface area (Å²) in [6, 6.07) is 7.39. The summed E-state index contributed by atoms with van der Waals surface area (Å²) in [6.45, 7) is 21.9. The number of piperazine rings is 1. The SMILES string of the molecule is C=C(/C=C\C=C(/C)c1nncn1CC)CCc1c(C(C)=C=O)cc(N2CCCC2C)nc1NCCOCCOCCN1CCN(c2cccc(C=O)c2C(=O)N(C)C(C)CCC(=O)NC=O)CC1. The van der Waals surface area contributed by atoms with Gasteiger partial charge >= 0.3 is 0 Å². The Balaban J connectivity index is 1.09. The molecule has 5 rings (SSSR count). The molecule has 4 heterocycles. The Morgan fingerprint density at radius 1 is 1.06 bits per heavy atom. The smallest absolute Gasteiger partial charge is 0.256 e. The van der Waals surface area contributed by atoms with Crippen molar-refractivity contribution in [2.75, 3.05) is 94.4 Å². The average molecular weight is 935 g/mol. The molecule has 3 amide bonds. The van der Waals surface area contributed by atoms with Crippen LogP contribution in [0.2, 0.25) is 0 Å². The van der Waals surface area contributed by atoms with E-state index in [2.05, 4.69) is 61.9 Å². The van der Waals surface area contributed by atoms with E-state index in [1.807, 2.05) is 48.8 Å². The van der Waals surface area contributed by atoms with E-state index in [4.69, 9.17) is 14.5 Å². The number of rotatable bonds is 27. The van der Waals surface area contributed by atoms with Crippen LogP contribution in [0, 0.1) is 0 Å². The number of amides is 3. The van der Waals surface area contributed by atoms with Gasteiger partial charge in [0.05, 0.1) is 37.7 Å². The molecule has 3 aromatic rings. The second kappa shape index (κ2) is 26.9. The summed E-state index contributed by atoms with van der Waals surface area (Å²) in [5.74, 6) is 3.85. The first-order valence-electron chi connectivity index (χ1n) is 23.8. The Hall–Kier alpha value is -6.26. The second-order valence-corrected chi connectivity index (χ2v) is 17.4. The van der Waals surface area contributed by atoms with Gasteiger partial charge in [-0.1, -0.05) is 42.5 Å². The van der Waals surface area contributed by atoms with Gasteiger partial charge in [0.1, 0.15) is 23.9 Å². The minimum absolute atomic E-state index is 0.0935. The zero-order valence-corrected chi connectivity index (χ0v) is 40.8. The fourth-order valence-electron chi connectivity index (χ4n) is 8.50. The normalized spacial score (nSPS) is 15.9. The number of anilines is 3. The summed E-state index contributed by atoms with van der Waals surface area (Å²) in [7, 11) is 1.66. The number of nitrogens with zero attached hydrogens (tertiary/aromatic N) is 8. The van der Waals surface area contributed by atoms with Gasteiger partial charge in [-0.25, -0.2) is 9.78 Å². The molecule has 2 N–H and O–H groups in total. The number of ether oxygens (including phenoxy) is 2. The molecule has 0 radical (unpaired) electrons. The molecule has 17 heteroatoms. The first-order chi connectivity index (χ1) is 32.9. The van der Waals surface area contributed by atoms with Crippen molar-refractivity contribution in [3.8, 4) is 0 Å². The number of aldehydes is 1. The highest BCUT2D eigenvalue weighted by atomic mass is 16.5. The van der Waals surface area contributed by atoms with Crippen LogP contribution < -0.4 is 20.4 Å². The molecule has 2 unspecified atom stereocenters. The lowest BCUT2D eigenvalue weighted by molar-refractivity contribution is -0.125. The van der Waals surface area contributed by atoms with Gasteiger partial charge in [-0.05, 0) is 90.0 Å². The van der Waals surface area contributed by atoms with E-state index in [1.165, 1.54) is 0 Å². The summed E-state index contributed by atoms with van der Waals surface area (Å²) < 4.78 is 13.9. The first kappa shape index (κ1) is 52.7. The average Bonchev–Trinajstić information content (AvgIpc) is 4.03. The van der Waals surface area contributed by atoms with E-state index < -0.39 is 5.91 Å². The molecule has 2 aliphatic rings. The van der Waals surface area contributed by atoms with Crippen molar-refractivity contribution in [2.24, 2.45) is 0 Å². The maximum absolute atomic E-state index is 13.8.